The maximum absolute atomic E-state index is 15.1. The Balaban J connectivity index is 1.28. The van der Waals surface area contributed by atoms with Gasteiger partial charge in [0.2, 0.25) is 12.6 Å². The number of carbonyl (C=O) groups is 2. The van der Waals surface area contributed by atoms with E-state index in [9.17, 15) is 15.0 Å². The predicted octanol–water partition coefficient (Wildman–Crippen LogP) is 9.21. The molecule has 15 heteroatoms. The number of allylic oxidation sites excluding steroid dienone is 1. The van der Waals surface area contributed by atoms with Crippen molar-refractivity contribution in [1.29, 1.82) is 0 Å². The van der Waals surface area contributed by atoms with Gasteiger partial charge in [0.25, 0.3) is 0 Å². The number of aliphatic hydroxyl groups is 2. The zero-order valence-electron chi connectivity index (χ0n) is 39.9. The summed E-state index contributed by atoms with van der Waals surface area (Å²) in [6.07, 6.45) is 7.09. The number of unbranched alkanes of at least 4 members (excludes halogenated alkanes) is 2. The van der Waals surface area contributed by atoms with Gasteiger partial charge in [-0.2, -0.15) is 0 Å². The molecule has 2 amide bonds. The van der Waals surface area contributed by atoms with Crippen LogP contribution in [0.3, 0.4) is 0 Å². The third-order valence-electron chi connectivity index (χ3n) is 13.4. The predicted molar refractivity (Wildman–Crippen MR) is 261 cm³/mol. The minimum absolute atomic E-state index is 0.0148. The van der Waals surface area contributed by atoms with E-state index in [0.717, 1.165) is 53.5 Å². The van der Waals surface area contributed by atoms with Crippen molar-refractivity contribution in [3.63, 3.8) is 0 Å². The summed E-state index contributed by atoms with van der Waals surface area (Å²) in [6, 6.07) is 29.6. The molecule has 2 aliphatic heterocycles. The largest absolute Gasteiger partial charge is 0.459 e. The normalized spacial score (nSPS) is 22.2. The molecule has 0 aromatic heterocycles. The second-order valence-electron chi connectivity index (χ2n) is 17.9. The first-order valence-electron chi connectivity index (χ1n) is 24.5. The van der Waals surface area contributed by atoms with Crippen molar-refractivity contribution in [3.8, 4) is 23.0 Å². The Morgan fingerprint density at radius 1 is 0.857 bits per heavy atom. The molecule has 15 nitrogen and oxygen atoms in total. The lowest BCUT2D eigenvalue weighted by molar-refractivity contribution is -0.256. The number of hydrogen-bond acceptors (Lipinski definition) is 13. The van der Waals surface area contributed by atoms with Crippen molar-refractivity contribution in [2.45, 2.75) is 89.4 Å². The van der Waals surface area contributed by atoms with E-state index in [1.807, 2.05) is 91.9 Å². The average Bonchev–Trinajstić information content (AvgIpc) is 3.85. The molecular weight excluding hydrogens is 895 g/mol. The lowest BCUT2D eigenvalue weighted by Crippen LogP contribution is -2.70. The summed E-state index contributed by atoms with van der Waals surface area (Å²) in [4.78, 5) is 35.9. The molecule has 0 radical (unpaired) electrons. The highest BCUT2D eigenvalue weighted by atomic mass is 16.7. The summed E-state index contributed by atoms with van der Waals surface area (Å²) in [5.74, 6) is -0.631. The van der Waals surface area contributed by atoms with Crippen LogP contribution in [0.5, 0.6) is 23.0 Å². The van der Waals surface area contributed by atoms with E-state index in [0.29, 0.717) is 54.7 Å². The van der Waals surface area contributed by atoms with E-state index in [2.05, 4.69) is 18.0 Å². The van der Waals surface area contributed by atoms with Gasteiger partial charge < -0.3 is 53.5 Å². The van der Waals surface area contributed by atoms with Gasteiger partial charge in [0.1, 0.15) is 30.8 Å². The highest BCUT2D eigenvalue weighted by molar-refractivity contribution is 6.03. The van der Waals surface area contributed by atoms with Crippen molar-refractivity contribution in [3.05, 3.63) is 144 Å². The number of rotatable bonds is 24. The lowest BCUT2D eigenvalue weighted by atomic mass is 9.55. The Morgan fingerprint density at radius 3 is 2.33 bits per heavy atom. The molecule has 4 aliphatic rings. The van der Waals surface area contributed by atoms with Gasteiger partial charge in [-0.3, -0.25) is 4.90 Å². The molecule has 4 aromatic carbocycles. The van der Waals surface area contributed by atoms with E-state index >= 15 is 4.79 Å². The van der Waals surface area contributed by atoms with E-state index in [1.165, 1.54) is 0 Å². The molecule has 8 rings (SSSR count). The summed E-state index contributed by atoms with van der Waals surface area (Å²) in [5, 5.41) is 27.7. The number of aliphatic hydroxyl groups excluding tert-OH is 2. The summed E-state index contributed by atoms with van der Waals surface area (Å²) < 4.78 is 44.0. The van der Waals surface area contributed by atoms with Crippen LogP contribution in [-0.4, -0.2) is 91.2 Å². The third kappa shape index (κ3) is 11.8. The molecule has 0 bridgehead atoms. The number of carbonyl (C=O) groups excluding carboxylic acids is 2. The van der Waals surface area contributed by atoms with E-state index in [-0.39, 0.29) is 77.2 Å². The fraction of sp³-hybridized carbons (Fsp3) is 0.436. The topological polar surface area (TPSA) is 176 Å². The van der Waals surface area contributed by atoms with Gasteiger partial charge in [-0.1, -0.05) is 96.9 Å². The summed E-state index contributed by atoms with van der Waals surface area (Å²) in [6.45, 7) is 7.24. The Hall–Kier alpha value is -6.39. The van der Waals surface area contributed by atoms with Crippen LogP contribution in [0.2, 0.25) is 0 Å². The Kier molecular flexibility index (Phi) is 17.5. The smallest absolute Gasteiger partial charge is 0.412 e. The first-order valence-corrected chi connectivity index (χ1v) is 24.5. The Morgan fingerprint density at radius 2 is 1.59 bits per heavy atom. The number of ether oxygens (including phenoxy) is 7. The van der Waals surface area contributed by atoms with Crippen LogP contribution < -0.4 is 24.3 Å². The fourth-order valence-corrected chi connectivity index (χ4v) is 10.3. The molecule has 70 heavy (non-hydrogen) atoms. The minimum Gasteiger partial charge on any atom is -0.459 e. The van der Waals surface area contributed by atoms with Gasteiger partial charge in [0.05, 0.1) is 31.5 Å². The van der Waals surface area contributed by atoms with Crippen LogP contribution in [0.4, 0.5) is 9.59 Å². The molecule has 1 saturated carbocycles. The van der Waals surface area contributed by atoms with Crippen molar-refractivity contribution < 1.29 is 57.8 Å². The zero-order chi connectivity index (χ0) is 48.7. The van der Waals surface area contributed by atoms with Crippen LogP contribution in [0.1, 0.15) is 80.0 Å². The monoisotopic (exact) mass is 959 g/mol. The van der Waals surface area contributed by atoms with Gasteiger partial charge in [0, 0.05) is 44.2 Å². The number of nitrogens with one attached hydrogen (secondary N) is 1. The molecular formula is C55H65N3O12. The maximum atomic E-state index is 15.1. The molecule has 2 heterocycles. The SMILES string of the molecule is C=CCO[C@@]12Oc3ccc(OC(=O)NCC)cc3[C@H]3[C@H](CCCCO)[C@@H](CCCCO)C=C(C(=NOCc4ccccc4)C[C@@H]1N(Cc1ccc4c(c1)OCO4)C(=O)OCCOCc1ccccc1)[C@H]32. The van der Waals surface area contributed by atoms with Gasteiger partial charge in [0.15, 0.2) is 11.5 Å². The van der Waals surface area contributed by atoms with Gasteiger partial charge in [-0.25, -0.2) is 9.59 Å². The number of hydrogen-bond donors (Lipinski definition) is 3. The highest BCUT2D eigenvalue weighted by Gasteiger charge is 2.65. The second-order valence-corrected chi connectivity index (χ2v) is 17.9. The van der Waals surface area contributed by atoms with Crippen molar-refractivity contribution in [1.82, 2.24) is 10.2 Å². The zero-order valence-corrected chi connectivity index (χ0v) is 39.9. The minimum atomic E-state index is -1.58. The molecule has 1 fully saturated rings. The Labute approximate surface area is 409 Å². The van der Waals surface area contributed by atoms with Gasteiger partial charge in [-0.15, -0.1) is 6.58 Å². The molecule has 4 aromatic rings. The molecule has 0 saturated heterocycles. The number of fused-ring (bicyclic) bond motifs is 3. The standard InChI is InChI=1S/C55H65N3O12/c1-3-27-67-55-50(58(34-40-21-23-48-49(30-40)66-37-65-48)54(62)64-29-28-63-35-38-15-7-5-8-16-38)33-46(57-68-36-39-17-9-6-10-18-39)44-31-41(19-11-13-25-59)43(20-12-14-26-60)51(52(44)55)45-32-42(22-24-47(45)70-55)69-53(61)56-4-2/h3,5-10,15-18,21-24,30-32,41,43,50-52,59-60H,1,4,11-14,19-20,25-29,33-37H2,2H3,(H,56,61)/t41-,43+,50-,51+,52+,55+/m0/s1. The number of benzene rings is 4. The molecule has 2 aliphatic carbocycles. The van der Waals surface area contributed by atoms with Gasteiger partial charge in [-0.05, 0) is 97.0 Å². The van der Waals surface area contributed by atoms with Crippen molar-refractivity contribution in [2.24, 2.45) is 22.9 Å². The second kappa shape index (κ2) is 24.4. The van der Waals surface area contributed by atoms with E-state index < -0.39 is 29.9 Å². The average molecular weight is 960 g/mol. The molecule has 0 unspecified atom stereocenters. The summed E-state index contributed by atoms with van der Waals surface area (Å²) >= 11 is 0. The van der Waals surface area contributed by atoms with Crippen LogP contribution in [-0.2, 0) is 38.8 Å². The molecule has 3 N–H and O–H groups in total. The number of amides is 2. The van der Waals surface area contributed by atoms with Crippen LogP contribution >= 0.6 is 0 Å². The fourth-order valence-electron chi connectivity index (χ4n) is 10.3. The summed E-state index contributed by atoms with van der Waals surface area (Å²) in [7, 11) is 0. The number of nitrogens with zero attached hydrogens (tertiary/aromatic N) is 2. The van der Waals surface area contributed by atoms with Crippen LogP contribution in [0, 0.1) is 17.8 Å². The van der Waals surface area contributed by atoms with Gasteiger partial charge >= 0.3 is 12.2 Å². The maximum Gasteiger partial charge on any atom is 0.412 e. The first kappa shape index (κ1) is 50.0. The molecule has 372 valence electrons. The number of oxime groups is 1. The third-order valence-corrected chi connectivity index (χ3v) is 13.4. The Bertz CT molecular complexity index is 2430. The van der Waals surface area contributed by atoms with Crippen molar-refractivity contribution in [2.75, 3.05) is 46.4 Å². The quantitative estimate of drug-likeness (QED) is 0.0345. The van der Waals surface area contributed by atoms with Crippen LogP contribution in [0.25, 0.3) is 0 Å². The van der Waals surface area contributed by atoms with Crippen LogP contribution in [0.15, 0.2) is 127 Å². The molecule has 0 spiro atoms. The summed E-state index contributed by atoms with van der Waals surface area (Å²) in [5.41, 5.74) is 4.96. The van der Waals surface area contributed by atoms with E-state index in [1.54, 1.807) is 23.1 Å². The molecule has 6 atom stereocenters. The lowest BCUT2D eigenvalue weighted by Gasteiger charge is -2.59. The van der Waals surface area contributed by atoms with E-state index in [4.69, 9.17) is 43.2 Å². The van der Waals surface area contributed by atoms with Crippen molar-refractivity contribution >= 4 is 17.9 Å². The highest BCUT2D eigenvalue weighted by Crippen LogP contribution is 2.62. The first-order chi connectivity index (χ1) is 34.3.